The number of ether oxygens (including phenoxy) is 2. The molecule has 4 heteroatoms. The average molecular weight is 255 g/mol. The normalized spacial score (nSPS) is 17.2. The molecular weight excluding hydrogens is 230 g/mol. The van der Waals surface area contributed by atoms with Crippen LogP contribution in [0.1, 0.15) is 32.6 Å². The van der Waals surface area contributed by atoms with Crippen LogP contribution in [0, 0.1) is 0 Å². The minimum atomic E-state index is -0.0838. The van der Waals surface area contributed by atoms with Crippen molar-refractivity contribution in [3.63, 3.8) is 0 Å². The highest BCUT2D eigenvalue weighted by atomic mass is 16.5. The average Bonchev–Trinajstić information content (AvgIpc) is 2.40. The summed E-state index contributed by atoms with van der Waals surface area (Å²) in [6.07, 6.45) is 7.25. The van der Waals surface area contributed by atoms with Crippen LogP contribution in [0.5, 0.6) is 0 Å². The van der Waals surface area contributed by atoms with Gasteiger partial charge in [-0.1, -0.05) is 12.2 Å². The van der Waals surface area contributed by atoms with Gasteiger partial charge < -0.3 is 9.47 Å². The maximum atomic E-state index is 11.3. The first kappa shape index (κ1) is 15.2. The minimum Gasteiger partial charge on any atom is -0.466 e. The van der Waals surface area contributed by atoms with E-state index in [2.05, 4.69) is 4.90 Å². The summed E-state index contributed by atoms with van der Waals surface area (Å²) in [5.74, 6) is -0.0838. The Labute approximate surface area is 110 Å². The Kier molecular flexibility index (Phi) is 8.51. The lowest BCUT2D eigenvalue weighted by molar-refractivity contribution is -0.143. The molecule has 0 amide bonds. The first-order valence-corrected chi connectivity index (χ1v) is 6.90. The lowest BCUT2D eigenvalue weighted by Crippen LogP contribution is -2.36. The van der Waals surface area contributed by atoms with Crippen LogP contribution in [0.15, 0.2) is 12.2 Å². The van der Waals surface area contributed by atoms with Crippen molar-refractivity contribution in [1.82, 2.24) is 4.90 Å². The Morgan fingerprint density at radius 3 is 2.83 bits per heavy atom. The van der Waals surface area contributed by atoms with Gasteiger partial charge in [-0.2, -0.15) is 0 Å². The van der Waals surface area contributed by atoms with Gasteiger partial charge in [-0.3, -0.25) is 9.69 Å². The summed E-state index contributed by atoms with van der Waals surface area (Å²) < 4.78 is 10.5. The monoisotopic (exact) mass is 255 g/mol. The van der Waals surface area contributed by atoms with Crippen LogP contribution < -0.4 is 0 Å². The number of allylic oxidation sites excluding steroid dienone is 2. The molecule has 1 aliphatic rings. The number of unbranched alkanes of at least 4 members (excludes halogenated alkanes) is 1. The van der Waals surface area contributed by atoms with Gasteiger partial charge in [0.1, 0.15) is 0 Å². The van der Waals surface area contributed by atoms with E-state index in [1.807, 2.05) is 19.1 Å². The third kappa shape index (κ3) is 7.45. The predicted molar refractivity (Wildman–Crippen MR) is 71.5 cm³/mol. The summed E-state index contributed by atoms with van der Waals surface area (Å²) >= 11 is 0. The number of morpholine rings is 1. The number of hydrogen-bond donors (Lipinski definition) is 0. The quantitative estimate of drug-likeness (QED) is 0.378. The van der Waals surface area contributed by atoms with Gasteiger partial charge in [0.2, 0.25) is 0 Å². The molecule has 1 aliphatic heterocycles. The third-order valence-corrected chi connectivity index (χ3v) is 2.99. The third-order valence-electron chi connectivity index (χ3n) is 2.99. The fourth-order valence-electron chi connectivity index (χ4n) is 1.89. The van der Waals surface area contributed by atoms with Crippen molar-refractivity contribution < 1.29 is 14.3 Å². The molecule has 1 heterocycles. The summed E-state index contributed by atoms with van der Waals surface area (Å²) in [5.41, 5.74) is 0. The molecule has 0 saturated carbocycles. The van der Waals surface area contributed by atoms with Gasteiger partial charge in [0.15, 0.2) is 0 Å². The van der Waals surface area contributed by atoms with Crippen molar-refractivity contribution in [2.75, 3.05) is 39.5 Å². The largest absolute Gasteiger partial charge is 0.466 e. The van der Waals surface area contributed by atoms with Gasteiger partial charge in [0.05, 0.1) is 19.8 Å². The van der Waals surface area contributed by atoms with Crippen molar-refractivity contribution in [1.29, 1.82) is 0 Å². The van der Waals surface area contributed by atoms with Gasteiger partial charge >= 0.3 is 5.97 Å². The lowest BCUT2D eigenvalue weighted by atomic mass is 10.3. The molecule has 4 nitrogen and oxygen atoms in total. The molecule has 1 rings (SSSR count). The number of hydrogen-bond acceptors (Lipinski definition) is 4. The molecule has 18 heavy (non-hydrogen) atoms. The van der Waals surface area contributed by atoms with E-state index in [1.54, 1.807) is 0 Å². The van der Waals surface area contributed by atoms with Crippen molar-refractivity contribution in [2.24, 2.45) is 0 Å². The molecule has 0 N–H and O–H groups in total. The standard InChI is InChI=1S/C14H25NO3/c1-2-3-4-7-14(16)18-11-6-5-8-15-9-12-17-13-10-15/h2-3H,4-13H2,1H3/b3-2+. The zero-order valence-corrected chi connectivity index (χ0v) is 11.4. The van der Waals surface area contributed by atoms with Crippen LogP contribution in [0.2, 0.25) is 0 Å². The van der Waals surface area contributed by atoms with Crippen LogP contribution in [0.25, 0.3) is 0 Å². The van der Waals surface area contributed by atoms with E-state index in [4.69, 9.17) is 9.47 Å². The predicted octanol–water partition coefficient (Wildman–Crippen LogP) is 2.00. The second kappa shape index (κ2) is 10.1. The second-order valence-electron chi connectivity index (χ2n) is 4.49. The van der Waals surface area contributed by atoms with Crippen LogP contribution in [0.4, 0.5) is 0 Å². The fraction of sp³-hybridized carbons (Fsp3) is 0.786. The Hall–Kier alpha value is -0.870. The first-order valence-electron chi connectivity index (χ1n) is 6.90. The molecule has 0 radical (unpaired) electrons. The van der Waals surface area contributed by atoms with Gasteiger partial charge in [0, 0.05) is 19.5 Å². The Morgan fingerprint density at radius 2 is 2.11 bits per heavy atom. The fourth-order valence-corrected chi connectivity index (χ4v) is 1.89. The Bertz CT molecular complexity index is 247. The lowest BCUT2D eigenvalue weighted by Gasteiger charge is -2.26. The number of carbonyl (C=O) groups excluding carboxylic acids is 1. The highest BCUT2D eigenvalue weighted by Gasteiger charge is 2.09. The molecule has 0 aromatic rings. The van der Waals surface area contributed by atoms with Crippen molar-refractivity contribution in [3.8, 4) is 0 Å². The molecule has 104 valence electrons. The Morgan fingerprint density at radius 1 is 1.33 bits per heavy atom. The van der Waals surface area contributed by atoms with Gasteiger partial charge in [-0.05, 0) is 32.7 Å². The van der Waals surface area contributed by atoms with Crippen LogP contribution >= 0.6 is 0 Å². The molecule has 1 saturated heterocycles. The van der Waals surface area contributed by atoms with Crippen LogP contribution in [-0.2, 0) is 14.3 Å². The molecule has 0 aromatic heterocycles. The zero-order chi connectivity index (χ0) is 13.1. The smallest absolute Gasteiger partial charge is 0.306 e. The molecule has 0 aliphatic carbocycles. The molecule has 0 aromatic carbocycles. The van der Waals surface area contributed by atoms with Gasteiger partial charge in [-0.15, -0.1) is 0 Å². The molecule has 0 atom stereocenters. The van der Waals surface area contributed by atoms with E-state index in [9.17, 15) is 4.79 Å². The molecule has 1 fully saturated rings. The molecular formula is C14H25NO3. The minimum absolute atomic E-state index is 0.0838. The Balaban J connectivity index is 1.89. The summed E-state index contributed by atoms with van der Waals surface area (Å²) in [4.78, 5) is 13.7. The van der Waals surface area contributed by atoms with E-state index >= 15 is 0 Å². The van der Waals surface area contributed by atoms with Gasteiger partial charge in [0.25, 0.3) is 0 Å². The number of carbonyl (C=O) groups is 1. The SMILES string of the molecule is C/C=C/CCC(=O)OCCCCN1CCOCC1. The van der Waals surface area contributed by atoms with Crippen molar-refractivity contribution in [2.45, 2.75) is 32.6 Å². The van der Waals surface area contributed by atoms with E-state index in [0.717, 1.165) is 52.1 Å². The zero-order valence-electron chi connectivity index (χ0n) is 11.4. The van der Waals surface area contributed by atoms with E-state index in [-0.39, 0.29) is 5.97 Å². The highest BCUT2D eigenvalue weighted by Crippen LogP contribution is 2.01. The van der Waals surface area contributed by atoms with Crippen molar-refractivity contribution >= 4 is 5.97 Å². The number of nitrogens with zero attached hydrogens (tertiary/aromatic N) is 1. The van der Waals surface area contributed by atoms with Gasteiger partial charge in [-0.25, -0.2) is 0 Å². The molecule has 0 bridgehead atoms. The summed E-state index contributed by atoms with van der Waals surface area (Å²) in [7, 11) is 0. The molecule has 0 spiro atoms. The maximum absolute atomic E-state index is 11.3. The number of rotatable bonds is 8. The van der Waals surface area contributed by atoms with E-state index in [1.165, 1.54) is 0 Å². The molecule has 0 unspecified atom stereocenters. The highest BCUT2D eigenvalue weighted by molar-refractivity contribution is 5.69. The maximum Gasteiger partial charge on any atom is 0.306 e. The van der Waals surface area contributed by atoms with E-state index in [0.29, 0.717) is 13.0 Å². The van der Waals surface area contributed by atoms with Crippen molar-refractivity contribution in [3.05, 3.63) is 12.2 Å². The summed E-state index contributed by atoms with van der Waals surface area (Å²) in [6.45, 7) is 7.35. The number of esters is 1. The van der Waals surface area contributed by atoms with E-state index < -0.39 is 0 Å². The van der Waals surface area contributed by atoms with Crippen LogP contribution in [0.3, 0.4) is 0 Å². The topological polar surface area (TPSA) is 38.8 Å². The summed E-state index contributed by atoms with van der Waals surface area (Å²) in [6, 6.07) is 0. The second-order valence-corrected chi connectivity index (χ2v) is 4.49. The van der Waals surface area contributed by atoms with Crippen LogP contribution in [-0.4, -0.2) is 50.3 Å². The first-order chi connectivity index (χ1) is 8.83. The summed E-state index contributed by atoms with van der Waals surface area (Å²) in [5, 5.41) is 0.